The van der Waals surface area contributed by atoms with Gasteiger partial charge in [-0.2, -0.15) is 0 Å². The Bertz CT molecular complexity index is 475. The number of hydrogen-bond acceptors (Lipinski definition) is 4. The number of amides is 1. The fraction of sp³-hybridized carbons (Fsp3) is 0.588. The van der Waals surface area contributed by atoms with Crippen LogP contribution in [0.15, 0.2) is 24.3 Å². The number of carbonyl (C=O) groups is 1. The lowest BCUT2D eigenvalue weighted by atomic mass is 10.0. The Morgan fingerprint density at radius 2 is 2.00 bits per heavy atom. The van der Waals surface area contributed by atoms with Crippen molar-refractivity contribution in [2.75, 3.05) is 13.7 Å². The van der Waals surface area contributed by atoms with Crippen LogP contribution in [0.4, 0.5) is 0 Å². The van der Waals surface area contributed by atoms with Gasteiger partial charge in [0.2, 0.25) is 5.91 Å². The minimum absolute atomic E-state index is 0.116. The molecule has 122 valence electrons. The summed E-state index contributed by atoms with van der Waals surface area (Å²) in [6, 6.07) is 8.17. The van der Waals surface area contributed by atoms with Crippen molar-refractivity contribution in [1.29, 1.82) is 0 Å². The summed E-state index contributed by atoms with van der Waals surface area (Å²) in [5.74, 6) is 1.01. The van der Waals surface area contributed by atoms with Crippen molar-refractivity contribution in [1.82, 2.24) is 15.8 Å². The van der Waals surface area contributed by atoms with E-state index in [1.807, 2.05) is 36.1 Å². The molecule has 1 aromatic rings. The Labute approximate surface area is 133 Å². The number of carbonyl (C=O) groups excluding carboxylic acids is 1. The van der Waals surface area contributed by atoms with Crippen LogP contribution in [0.25, 0.3) is 0 Å². The fourth-order valence-electron chi connectivity index (χ4n) is 2.84. The minimum atomic E-state index is -0.116. The van der Waals surface area contributed by atoms with E-state index in [4.69, 9.17) is 4.74 Å². The Hall–Kier alpha value is -1.59. The quantitative estimate of drug-likeness (QED) is 0.810. The van der Waals surface area contributed by atoms with Crippen LogP contribution in [0, 0.1) is 0 Å². The standard InChI is InChI=1S/C17H27N3O2/c1-4-6-14-11-16(19-18-14)17(21)20(5-2)12-13-7-9-15(22-3)10-8-13/h7-10,14,16,18-19H,4-6,11-12H2,1-3H3. The number of methoxy groups -OCH3 is 1. The molecule has 1 fully saturated rings. The number of rotatable bonds is 7. The molecule has 1 saturated heterocycles. The molecule has 22 heavy (non-hydrogen) atoms. The summed E-state index contributed by atoms with van der Waals surface area (Å²) >= 11 is 0. The third-order valence-corrected chi connectivity index (χ3v) is 4.14. The molecular weight excluding hydrogens is 278 g/mol. The van der Waals surface area contributed by atoms with Crippen molar-refractivity contribution < 1.29 is 9.53 Å². The number of ether oxygens (including phenoxy) is 1. The van der Waals surface area contributed by atoms with Gasteiger partial charge in [-0.3, -0.25) is 10.2 Å². The van der Waals surface area contributed by atoms with Crippen molar-refractivity contribution in [3.05, 3.63) is 29.8 Å². The molecule has 5 heteroatoms. The molecule has 0 aliphatic carbocycles. The lowest BCUT2D eigenvalue weighted by Crippen LogP contribution is -2.45. The molecule has 1 aliphatic rings. The Kier molecular flexibility index (Phi) is 6.21. The monoisotopic (exact) mass is 305 g/mol. The van der Waals surface area contributed by atoms with Gasteiger partial charge in [0.15, 0.2) is 0 Å². The maximum atomic E-state index is 12.7. The molecule has 0 bridgehead atoms. The van der Waals surface area contributed by atoms with Crippen LogP contribution in [-0.4, -0.2) is 36.5 Å². The van der Waals surface area contributed by atoms with Gasteiger partial charge in [-0.05, 0) is 37.5 Å². The average Bonchev–Trinajstić information content (AvgIpc) is 3.01. The second kappa shape index (κ2) is 8.15. The first-order valence-corrected chi connectivity index (χ1v) is 8.10. The number of likely N-dealkylation sites (N-methyl/N-ethyl adjacent to an activating group) is 1. The molecule has 2 atom stereocenters. The molecule has 0 aromatic heterocycles. The van der Waals surface area contributed by atoms with E-state index in [2.05, 4.69) is 17.8 Å². The van der Waals surface area contributed by atoms with Crippen molar-refractivity contribution in [3.63, 3.8) is 0 Å². The van der Waals surface area contributed by atoms with Gasteiger partial charge in [-0.25, -0.2) is 5.43 Å². The molecule has 2 N–H and O–H groups in total. The molecule has 1 aliphatic heterocycles. The van der Waals surface area contributed by atoms with Gasteiger partial charge >= 0.3 is 0 Å². The largest absolute Gasteiger partial charge is 0.497 e. The SMILES string of the molecule is CCCC1CC(C(=O)N(CC)Cc2ccc(OC)cc2)NN1. The lowest BCUT2D eigenvalue weighted by molar-refractivity contribution is -0.133. The Balaban J connectivity index is 1.94. The van der Waals surface area contributed by atoms with E-state index in [1.54, 1.807) is 7.11 Å². The number of nitrogens with one attached hydrogen (secondary N) is 2. The highest BCUT2D eigenvalue weighted by Gasteiger charge is 2.31. The minimum Gasteiger partial charge on any atom is -0.497 e. The third-order valence-electron chi connectivity index (χ3n) is 4.14. The zero-order valence-corrected chi connectivity index (χ0v) is 13.8. The van der Waals surface area contributed by atoms with Gasteiger partial charge in [-0.15, -0.1) is 0 Å². The van der Waals surface area contributed by atoms with E-state index in [-0.39, 0.29) is 11.9 Å². The van der Waals surface area contributed by atoms with Crippen LogP contribution in [0.1, 0.15) is 38.7 Å². The first-order valence-electron chi connectivity index (χ1n) is 8.10. The summed E-state index contributed by atoms with van der Waals surface area (Å²) in [5, 5.41) is 0. The highest BCUT2D eigenvalue weighted by Crippen LogP contribution is 2.16. The molecule has 5 nitrogen and oxygen atoms in total. The van der Waals surface area contributed by atoms with Gasteiger partial charge in [0, 0.05) is 19.1 Å². The van der Waals surface area contributed by atoms with E-state index in [0.29, 0.717) is 19.1 Å². The summed E-state index contributed by atoms with van der Waals surface area (Å²) in [6.07, 6.45) is 3.09. The normalized spacial score (nSPS) is 20.9. The average molecular weight is 305 g/mol. The summed E-state index contributed by atoms with van der Waals surface area (Å²) < 4.78 is 5.17. The summed E-state index contributed by atoms with van der Waals surface area (Å²) in [5.41, 5.74) is 7.50. The Morgan fingerprint density at radius 1 is 1.27 bits per heavy atom. The van der Waals surface area contributed by atoms with Crippen molar-refractivity contribution in [3.8, 4) is 5.75 Å². The molecule has 0 radical (unpaired) electrons. The van der Waals surface area contributed by atoms with Crippen molar-refractivity contribution in [2.24, 2.45) is 0 Å². The number of benzene rings is 1. The topological polar surface area (TPSA) is 53.6 Å². The highest BCUT2D eigenvalue weighted by molar-refractivity contribution is 5.82. The Morgan fingerprint density at radius 3 is 2.59 bits per heavy atom. The number of hydrazine groups is 1. The third kappa shape index (κ3) is 4.21. The van der Waals surface area contributed by atoms with Crippen LogP contribution in [0.5, 0.6) is 5.75 Å². The molecule has 0 spiro atoms. The second-order valence-electron chi connectivity index (χ2n) is 5.76. The first-order chi connectivity index (χ1) is 10.7. The summed E-state index contributed by atoms with van der Waals surface area (Å²) in [4.78, 5) is 14.6. The molecule has 2 rings (SSSR count). The van der Waals surface area contributed by atoms with Gasteiger partial charge in [-0.1, -0.05) is 25.5 Å². The predicted octanol–water partition coefficient (Wildman–Crippen LogP) is 2.08. The van der Waals surface area contributed by atoms with Crippen molar-refractivity contribution >= 4 is 5.91 Å². The molecule has 1 aromatic carbocycles. The van der Waals surface area contributed by atoms with E-state index in [0.717, 1.165) is 30.6 Å². The molecular formula is C17H27N3O2. The van der Waals surface area contributed by atoms with Gasteiger partial charge in [0.1, 0.15) is 11.8 Å². The van der Waals surface area contributed by atoms with Crippen LogP contribution < -0.4 is 15.6 Å². The molecule has 2 unspecified atom stereocenters. The molecule has 1 heterocycles. The maximum Gasteiger partial charge on any atom is 0.241 e. The van der Waals surface area contributed by atoms with E-state index in [1.165, 1.54) is 0 Å². The summed E-state index contributed by atoms with van der Waals surface area (Å²) in [6.45, 7) is 5.53. The molecule has 1 amide bonds. The van der Waals surface area contributed by atoms with Crippen LogP contribution >= 0.6 is 0 Å². The van der Waals surface area contributed by atoms with Gasteiger partial charge < -0.3 is 9.64 Å². The van der Waals surface area contributed by atoms with Crippen molar-refractivity contribution in [2.45, 2.75) is 51.7 Å². The number of hydrogen-bond donors (Lipinski definition) is 2. The number of nitrogens with zero attached hydrogens (tertiary/aromatic N) is 1. The summed E-state index contributed by atoms with van der Waals surface area (Å²) in [7, 11) is 1.66. The second-order valence-corrected chi connectivity index (χ2v) is 5.76. The maximum absolute atomic E-state index is 12.7. The predicted molar refractivity (Wildman–Crippen MR) is 87.5 cm³/mol. The van der Waals surface area contributed by atoms with Gasteiger partial charge in [0.05, 0.1) is 7.11 Å². The fourth-order valence-corrected chi connectivity index (χ4v) is 2.84. The van der Waals surface area contributed by atoms with E-state index < -0.39 is 0 Å². The van der Waals surface area contributed by atoms with E-state index in [9.17, 15) is 4.79 Å². The van der Waals surface area contributed by atoms with Gasteiger partial charge in [0.25, 0.3) is 0 Å². The van der Waals surface area contributed by atoms with E-state index >= 15 is 0 Å². The van der Waals surface area contributed by atoms with Crippen LogP contribution in [0.2, 0.25) is 0 Å². The molecule has 0 saturated carbocycles. The highest BCUT2D eigenvalue weighted by atomic mass is 16.5. The smallest absolute Gasteiger partial charge is 0.241 e. The van der Waals surface area contributed by atoms with Crippen LogP contribution in [-0.2, 0) is 11.3 Å². The zero-order valence-electron chi connectivity index (χ0n) is 13.8. The first kappa shape index (κ1) is 16.8. The lowest BCUT2D eigenvalue weighted by Gasteiger charge is -2.24. The van der Waals surface area contributed by atoms with Crippen LogP contribution in [0.3, 0.4) is 0 Å². The zero-order chi connectivity index (χ0) is 15.9.